The van der Waals surface area contributed by atoms with Crippen molar-refractivity contribution in [1.82, 2.24) is 47.9 Å². The zero-order chi connectivity index (χ0) is 62.6. The molecular formula is C50H78N12O19S. The molecule has 1 aromatic rings. The molecule has 0 bridgehead atoms. The molecule has 0 aliphatic carbocycles. The summed E-state index contributed by atoms with van der Waals surface area (Å²) in [5.74, 6) is -17.9. The van der Waals surface area contributed by atoms with Crippen molar-refractivity contribution in [3.8, 4) is 0 Å². The van der Waals surface area contributed by atoms with Crippen LogP contribution in [0.5, 0.6) is 0 Å². The maximum Gasteiger partial charge on any atom is 0.326 e. The van der Waals surface area contributed by atoms with Gasteiger partial charge in [0.05, 0.1) is 25.6 Å². The fraction of sp³-hybridized carbons (Fsp3) is 0.600. The van der Waals surface area contributed by atoms with Gasteiger partial charge in [-0.1, -0.05) is 64.4 Å². The predicted molar refractivity (Wildman–Crippen MR) is 291 cm³/mol. The first-order chi connectivity index (χ1) is 38.4. The van der Waals surface area contributed by atoms with Crippen molar-refractivity contribution in [3.05, 3.63) is 35.9 Å². The molecule has 1 rings (SSSR count). The summed E-state index contributed by atoms with van der Waals surface area (Å²) in [6.07, 6.45) is -4.57. The molecule has 1 aromatic carbocycles. The Hall–Kier alpha value is -7.97. The van der Waals surface area contributed by atoms with E-state index >= 15 is 0 Å². The normalized spacial score (nSPS) is 15.4. The van der Waals surface area contributed by atoms with Crippen molar-refractivity contribution in [3.63, 3.8) is 0 Å². The Labute approximate surface area is 476 Å². The summed E-state index contributed by atoms with van der Waals surface area (Å²) in [5, 5.41) is 69.1. The van der Waals surface area contributed by atoms with Gasteiger partial charge in [0.1, 0.15) is 60.4 Å². The van der Waals surface area contributed by atoms with Crippen LogP contribution in [0.15, 0.2) is 30.3 Å². The van der Waals surface area contributed by atoms with Crippen LogP contribution in [-0.2, 0) is 73.5 Å². The summed E-state index contributed by atoms with van der Waals surface area (Å²) in [6, 6.07) is -8.32. The fourth-order valence-electron chi connectivity index (χ4n) is 7.54. The third-order valence-corrected chi connectivity index (χ3v) is 13.1. The second-order valence-corrected chi connectivity index (χ2v) is 20.5. The lowest BCUT2D eigenvalue weighted by molar-refractivity contribution is -0.147. The number of benzene rings is 1. The molecule has 0 heterocycles. The van der Waals surface area contributed by atoms with Crippen molar-refractivity contribution in [1.29, 1.82) is 0 Å². The number of carbonyl (C=O) groups excluding carboxylic acids is 11. The minimum absolute atomic E-state index is 0.0365. The van der Waals surface area contributed by atoms with E-state index in [0.29, 0.717) is 17.7 Å². The maximum atomic E-state index is 14.3. The number of nitrogens with two attached hydrogens (primary N) is 3. The average Bonchev–Trinajstić information content (AvgIpc) is 3.46. The van der Waals surface area contributed by atoms with E-state index in [1.54, 1.807) is 50.4 Å². The number of carboxylic acid groups (broad SMARTS) is 3. The number of aliphatic hydroxyl groups is 2. The Morgan fingerprint density at radius 3 is 1.41 bits per heavy atom. The van der Waals surface area contributed by atoms with E-state index in [0.717, 1.165) is 6.92 Å². The van der Waals surface area contributed by atoms with Crippen LogP contribution >= 0.6 is 11.8 Å². The molecule has 12 atom stereocenters. The molecular weight excluding hydrogens is 1100 g/mol. The number of hydrogen-bond donors (Lipinski definition) is 17. The van der Waals surface area contributed by atoms with Gasteiger partial charge in [-0.2, -0.15) is 11.8 Å². The van der Waals surface area contributed by atoms with Crippen LogP contribution in [0.2, 0.25) is 0 Å². The van der Waals surface area contributed by atoms with E-state index in [1.807, 2.05) is 5.32 Å². The number of primary amides is 2. The lowest BCUT2D eigenvalue weighted by Gasteiger charge is -2.30. The Bertz CT molecular complexity index is 2420. The molecule has 0 saturated carbocycles. The van der Waals surface area contributed by atoms with Crippen LogP contribution in [0, 0.1) is 11.8 Å². The van der Waals surface area contributed by atoms with Gasteiger partial charge in [0.25, 0.3) is 0 Å². The average molecular weight is 1180 g/mol. The van der Waals surface area contributed by atoms with Gasteiger partial charge in [-0.05, 0) is 55.6 Å². The van der Waals surface area contributed by atoms with Crippen LogP contribution in [0.3, 0.4) is 0 Å². The quantitative estimate of drug-likeness (QED) is 0.0292. The molecule has 0 fully saturated rings. The van der Waals surface area contributed by atoms with E-state index in [9.17, 15) is 87.5 Å². The summed E-state index contributed by atoms with van der Waals surface area (Å²) in [5.41, 5.74) is 16.9. The van der Waals surface area contributed by atoms with Crippen LogP contribution in [-0.4, -0.2) is 194 Å². The van der Waals surface area contributed by atoms with Crippen LogP contribution < -0.4 is 65.1 Å². The van der Waals surface area contributed by atoms with Crippen molar-refractivity contribution >= 4 is 94.6 Å². The smallest absolute Gasteiger partial charge is 0.326 e. The number of thioether (sulfide) groups is 1. The Morgan fingerprint density at radius 2 is 0.951 bits per heavy atom. The predicted octanol–water partition coefficient (Wildman–Crippen LogP) is -5.69. The van der Waals surface area contributed by atoms with E-state index in [4.69, 9.17) is 22.3 Å². The molecule has 32 heteroatoms. The topological polar surface area (TPSA) is 526 Å². The highest BCUT2D eigenvalue weighted by atomic mass is 32.2. The zero-order valence-corrected chi connectivity index (χ0v) is 47.1. The number of aliphatic hydroxyl groups excluding tert-OH is 2. The third kappa shape index (κ3) is 26.1. The highest BCUT2D eigenvalue weighted by molar-refractivity contribution is 7.98. The summed E-state index contributed by atoms with van der Waals surface area (Å²) in [7, 11) is 0. The number of carbonyl (C=O) groups is 14. The highest BCUT2D eigenvalue weighted by Crippen LogP contribution is 2.13. The largest absolute Gasteiger partial charge is 0.481 e. The molecule has 82 heavy (non-hydrogen) atoms. The molecule has 31 nitrogen and oxygen atoms in total. The van der Waals surface area contributed by atoms with Gasteiger partial charge in [-0.25, -0.2) is 4.79 Å². The number of hydrogen-bond acceptors (Lipinski definition) is 18. The monoisotopic (exact) mass is 1180 g/mol. The molecule has 0 spiro atoms. The minimum atomic E-state index is -2.05. The summed E-state index contributed by atoms with van der Waals surface area (Å²) >= 11 is 1.34. The lowest BCUT2D eigenvalue weighted by Crippen LogP contribution is -2.63. The van der Waals surface area contributed by atoms with Crippen molar-refractivity contribution in [2.45, 2.75) is 159 Å². The summed E-state index contributed by atoms with van der Waals surface area (Å²) < 4.78 is 0. The Balaban J connectivity index is 3.58. The summed E-state index contributed by atoms with van der Waals surface area (Å²) in [6.45, 7) is 6.75. The van der Waals surface area contributed by atoms with Crippen molar-refractivity contribution < 1.29 is 92.7 Å². The van der Waals surface area contributed by atoms with E-state index < -0.39 is 206 Å². The number of amides is 11. The van der Waals surface area contributed by atoms with Gasteiger partial charge in [0.2, 0.25) is 65.0 Å². The Kier molecular flexibility index (Phi) is 32.0. The number of nitrogens with one attached hydrogen (secondary N) is 9. The molecule has 0 radical (unpaired) electrons. The SMILES string of the molecule is CC[C@H](C)[C@H](NC(=O)[C@@H](N)CO)C(=O)N[C@@H](CCSC)C(=O)N[C@@H](Cc1ccccc1)C(=O)N[C@H](C(=O)N[C@H](C(=O)N[C@@H](CCC(N)=O)C(=O)N[C@@H](CC(N)=O)C(=O)N[C@@H](CCC(=O)O)C(=O)N[C@@H](CC(=O)O)C(=O)O)C(C)C)[C@@H](C)O. The fourth-order valence-corrected chi connectivity index (χ4v) is 8.01. The minimum Gasteiger partial charge on any atom is -0.481 e. The zero-order valence-electron chi connectivity index (χ0n) is 46.3. The van der Waals surface area contributed by atoms with Crippen molar-refractivity contribution in [2.75, 3.05) is 18.6 Å². The maximum absolute atomic E-state index is 14.3. The van der Waals surface area contributed by atoms with Crippen LogP contribution in [0.4, 0.5) is 0 Å². The van der Waals surface area contributed by atoms with Crippen LogP contribution in [0.1, 0.15) is 91.5 Å². The molecule has 0 saturated heterocycles. The van der Waals surface area contributed by atoms with E-state index in [2.05, 4.69) is 42.5 Å². The van der Waals surface area contributed by atoms with Gasteiger partial charge in [0.15, 0.2) is 0 Å². The number of aliphatic carboxylic acids is 3. The van der Waals surface area contributed by atoms with Gasteiger partial charge < -0.3 is 90.6 Å². The Morgan fingerprint density at radius 1 is 0.512 bits per heavy atom. The second-order valence-electron chi connectivity index (χ2n) is 19.5. The number of rotatable bonds is 39. The second kappa shape index (κ2) is 36.4. The molecule has 0 unspecified atom stereocenters. The van der Waals surface area contributed by atoms with Gasteiger partial charge >= 0.3 is 17.9 Å². The van der Waals surface area contributed by atoms with Gasteiger partial charge in [-0.3, -0.25) is 62.3 Å². The molecule has 0 aliphatic heterocycles. The molecule has 0 aromatic heterocycles. The van der Waals surface area contributed by atoms with E-state index in [-0.39, 0.29) is 12.8 Å². The first-order valence-electron chi connectivity index (χ1n) is 25.9. The molecule has 458 valence electrons. The molecule has 20 N–H and O–H groups in total. The number of carboxylic acids is 3. The highest BCUT2D eigenvalue weighted by Gasteiger charge is 2.38. The molecule has 11 amide bonds. The lowest BCUT2D eigenvalue weighted by atomic mass is 9.97. The first kappa shape index (κ1) is 72.0. The first-order valence-corrected chi connectivity index (χ1v) is 27.3. The van der Waals surface area contributed by atoms with E-state index in [1.165, 1.54) is 25.6 Å². The van der Waals surface area contributed by atoms with Gasteiger partial charge in [0, 0.05) is 19.3 Å². The summed E-state index contributed by atoms with van der Waals surface area (Å²) in [4.78, 5) is 182. The van der Waals surface area contributed by atoms with Crippen molar-refractivity contribution in [2.24, 2.45) is 29.0 Å². The van der Waals surface area contributed by atoms with Crippen LogP contribution in [0.25, 0.3) is 0 Å². The third-order valence-electron chi connectivity index (χ3n) is 12.4. The van der Waals surface area contributed by atoms with Gasteiger partial charge in [-0.15, -0.1) is 0 Å². The standard InChI is InChI=1S/C50H78N12O19S/c1-7-24(4)39(61-41(71)27(51)22-63)48(78)56-30(17-18-82-6)44(74)57-31(19-26-11-9-8-10-12-26)46(76)62-40(25(5)64)49(79)60-38(23(2)3)47(77)55-28(13-15-34(52)65)42(72)58-32(20-35(53)66)45(75)54-29(14-16-36(67)68)43(73)59-33(50(80)81)21-37(69)70/h8-12,23-25,27-33,38-40,63-64H,7,13-22,51H2,1-6H3,(H2,52,65)(H2,53,66)(H,54,75)(H,55,77)(H,56,78)(H,57,74)(H,58,72)(H,59,73)(H,60,79)(H,61,71)(H,62,76)(H,67,68)(H,69,70)(H,80,81)/t24-,25+,27-,28-,29-,30-,31-,32-,33-,38-,39-,40-/m0/s1. The molecule has 0 aliphatic rings.